The van der Waals surface area contributed by atoms with Crippen LogP contribution in [0.15, 0.2) is 24.3 Å². The minimum Gasteiger partial charge on any atom is -0.346 e. The second-order valence-corrected chi connectivity index (χ2v) is 3.98. The first-order chi connectivity index (χ1) is 5.99. The fourth-order valence-electron chi connectivity index (χ4n) is 1.09. The third-order valence-corrected chi connectivity index (χ3v) is 2.08. The van der Waals surface area contributed by atoms with Gasteiger partial charge in [-0.1, -0.05) is 24.3 Å². The average molecular weight is 182 g/mol. The van der Waals surface area contributed by atoms with Crippen LogP contribution in [-0.4, -0.2) is 19.0 Å². The number of hydrogen-bond acceptors (Lipinski definition) is 2. The minimum atomic E-state index is -0.518. The van der Waals surface area contributed by atoms with Crippen LogP contribution < -0.4 is 0 Å². The van der Waals surface area contributed by atoms with E-state index >= 15 is 0 Å². The fraction of sp³-hybridized carbons (Fsp3) is 0.636. The zero-order valence-electron chi connectivity index (χ0n) is 8.56. The summed E-state index contributed by atoms with van der Waals surface area (Å²) in [7, 11) is 0. The molecule has 2 heteroatoms. The molecule has 0 unspecified atom stereocenters. The summed E-state index contributed by atoms with van der Waals surface area (Å²) in [6, 6.07) is 0. The van der Waals surface area contributed by atoms with E-state index in [4.69, 9.17) is 9.47 Å². The highest BCUT2D eigenvalue weighted by atomic mass is 16.7. The van der Waals surface area contributed by atoms with E-state index in [-0.39, 0.29) is 0 Å². The van der Waals surface area contributed by atoms with Crippen molar-refractivity contribution in [2.75, 3.05) is 13.2 Å². The van der Waals surface area contributed by atoms with Crippen LogP contribution in [0.25, 0.3) is 0 Å². The van der Waals surface area contributed by atoms with Gasteiger partial charge in [0.2, 0.25) is 0 Å². The Hall–Kier alpha value is -0.600. The van der Waals surface area contributed by atoms with E-state index in [1.807, 2.05) is 13.8 Å². The van der Waals surface area contributed by atoms with Gasteiger partial charge >= 0.3 is 0 Å². The Morgan fingerprint density at radius 3 is 1.77 bits per heavy atom. The van der Waals surface area contributed by atoms with Gasteiger partial charge in [0, 0.05) is 0 Å². The van der Waals surface area contributed by atoms with Crippen LogP contribution in [0.3, 0.4) is 0 Å². The van der Waals surface area contributed by atoms with Gasteiger partial charge in [0.25, 0.3) is 0 Å². The summed E-state index contributed by atoms with van der Waals surface area (Å²) in [6.45, 7) is 12.9. The zero-order valence-corrected chi connectivity index (χ0v) is 8.56. The maximum Gasteiger partial charge on any atom is 0.163 e. The van der Waals surface area contributed by atoms with Crippen LogP contribution in [0, 0.1) is 0 Å². The van der Waals surface area contributed by atoms with Crippen LogP contribution in [0.4, 0.5) is 0 Å². The van der Waals surface area contributed by atoms with Crippen molar-refractivity contribution in [2.45, 2.75) is 32.5 Å². The molecule has 1 aliphatic rings. The molecule has 1 heterocycles. The molecule has 1 rings (SSSR count). The highest BCUT2D eigenvalue weighted by Gasteiger charge is 2.20. The minimum absolute atomic E-state index is 0.518. The van der Waals surface area contributed by atoms with Crippen LogP contribution in [0.1, 0.15) is 26.7 Å². The lowest BCUT2D eigenvalue weighted by Gasteiger charge is -2.25. The maximum absolute atomic E-state index is 5.55. The van der Waals surface area contributed by atoms with Crippen LogP contribution >= 0.6 is 0 Å². The van der Waals surface area contributed by atoms with Gasteiger partial charge in [0.15, 0.2) is 5.79 Å². The Labute approximate surface area is 80.2 Å². The Morgan fingerprint density at radius 1 is 1.00 bits per heavy atom. The maximum atomic E-state index is 5.55. The van der Waals surface area contributed by atoms with Crippen molar-refractivity contribution in [3.63, 3.8) is 0 Å². The van der Waals surface area contributed by atoms with E-state index in [0.717, 1.165) is 24.0 Å². The molecule has 0 bridgehead atoms. The Morgan fingerprint density at radius 2 is 1.38 bits per heavy atom. The Kier molecular flexibility index (Phi) is 3.28. The molecule has 0 aromatic carbocycles. The molecule has 0 atom stereocenters. The van der Waals surface area contributed by atoms with Crippen LogP contribution in [0.2, 0.25) is 0 Å². The molecule has 1 aliphatic heterocycles. The van der Waals surface area contributed by atoms with Gasteiger partial charge in [-0.2, -0.15) is 0 Å². The lowest BCUT2D eigenvalue weighted by molar-refractivity contribution is -0.202. The van der Waals surface area contributed by atoms with E-state index in [1.54, 1.807) is 0 Å². The monoisotopic (exact) mass is 182 g/mol. The van der Waals surface area contributed by atoms with Gasteiger partial charge in [-0.05, 0) is 26.7 Å². The predicted octanol–water partition coefficient (Wildman–Crippen LogP) is 2.66. The standard InChI is InChI=1S/C11H18O2/c1-9-5-6-10(2)8-13-11(3,4)12-7-9/h1-2,5-8H2,3-4H3. The zero-order chi connectivity index (χ0) is 9.90. The average Bonchev–Trinajstić information content (AvgIpc) is 2.11. The quantitative estimate of drug-likeness (QED) is 0.536. The number of ether oxygens (including phenoxy) is 2. The first kappa shape index (κ1) is 10.5. The summed E-state index contributed by atoms with van der Waals surface area (Å²) in [5.41, 5.74) is 2.22. The highest BCUT2D eigenvalue weighted by Crippen LogP contribution is 2.20. The van der Waals surface area contributed by atoms with Crippen LogP contribution in [0.5, 0.6) is 0 Å². The molecular formula is C11H18O2. The summed E-state index contributed by atoms with van der Waals surface area (Å²) in [5, 5.41) is 0. The van der Waals surface area contributed by atoms with Gasteiger partial charge in [0.1, 0.15) is 0 Å². The predicted molar refractivity (Wildman–Crippen MR) is 53.5 cm³/mol. The second kappa shape index (κ2) is 4.07. The first-order valence-corrected chi connectivity index (χ1v) is 4.61. The molecule has 1 fully saturated rings. The molecule has 0 saturated carbocycles. The summed E-state index contributed by atoms with van der Waals surface area (Å²) in [4.78, 5) is 0. The summed E-state index contributed by atoms with van der Waals surface area (Å²) in [5.74, 6) is -0.518. The van der Waals surface area contributed by atoms with E-state index in [2.05, 4.69) is 13.2 Å². The number of hydrogen-bond donors (Lipinski definition) is 0. The van der Waals surface area contributed by atoms with Crippen LogP contribution in [-0.2, 0) is 9.47 Å². The second-order valence-electron chi connectivity index (χ2n) is 3.98. The fourth-order valence-corrected chi connectivity index (χ4v) is 1.09. The van der Waals surface area contributed by atoms with Crippen molar-refractivity contribution in [2.24, 2.45) is 0 Å². The molecule has 1 saturated heterocycles. The van der Waals surface area contributed by atoms with Crippen molar-refractivity contribution >= 4 is 0 Å². The lowest BCUT2D eigenvalue weighted by atomic mass is 10.1. The lowest BCUT2D eigenvalue weighted by Crippen LogP contribution is -2.29. The van der Waals surface area contributed by atoms with E-state index < -0.39 is 5.79 Å². The van der Waals surface area contributed by atoms with Crippen molar-refractivity contribution < 1.29 is 9.47 Å². The van der Waals surface area contributed by atoms with Crippen molar-refractivity contribution in [1.82, 2.24) is 0 Å². The van der Waals surface area contributed by atoms with Gasteiger partial charge in [0.05, 0.1) is 13.2 Å². The smallest absolute Gasteiger partial charge is 0.163 e. The molecule has 13 heavy (non-hydrogen) atoms. The molecule has 0 aromatic heterocycles. The van der Waals surface area contributed by atoms with Crippen molar-refractivity contribution in [3.8, 4) is 0 Å². The van der Waals surface area contributed by atoms with E-state index in [0.29, 0.717) is 13.2 Å². The van der Waals surface area contributed by atoms with E-state index in [9.17, 15) is 0 Å². The third kappa shape index (κ3) is 3.75. The highest BCUT2D eigenvalue weighted by molar-refractivity contribution is 5.03. The van der Waals surface area contributed by atoms with E-state index in [1.165, 1.54) is 0 Å². The third-order valence-electron chi connectivity index (χ3n) is 2.08. The molecule has 0 aromatic rings. The normalized spacial score (nSPS) is 24.8. The number of rotatable bonds is 0. The molecule has 0 aliphatic carbocycles. The molecule has 2 nitrogen and oxygen atoms in total. The molecule has 74 valence electrons. The van der Waals surface area contributed by atoms with Gasteiger partial charge in [-0.15, -0.1) is 0 Å². The topological polar surface area (TPSA) is 18.5 Å². The first-order valence-electron chi connectivity index (χ1n) is 4.61. The Balaban J connectivity index is 2.59. The molecule has 0 radical (unpaired) electrons. The summed E-state index contributed by atoms with van der Waals surface area (Å²) < 4.78 is 11.1. The summed E-state index contributed by atoms with van der Waals surface area (Å²) in [6.07, 6.45) is 1.91. The van der Waals surface area contributed by atoms with Crippen molar-refractivity contribution in [3.05, 3.63) is 24.3 Å². The van der Waals surface area contributed by atoms with Gasteiger partial charge in [-0.3, -0.25) is 0 Å². The summed E-state index contributed by atoms with van der Waals surface area (Å²) >= 11 is 0. The molecule has 0 amide bonds. The SMILES string of the molecule is C=C1CCC(=C)COC(C)(C)OC1. The Bertz CT molecular complexity index is 194. The molecule has 0 N–H and O–H groups in total. The van der Waals surface area contributed by atoms with Gasteiger partial charge in [-0.25, -0.2) is 0 Å². The van der Waals surface area contributed by atoms with Gasteiger partial charge < -0.3 is 9.47 Å². The van der Waals surface area contributed by atoms with Crippen molar-refractivity contribution in [1.29, 1.82) is 0 Å². The largest absolute Gasteiger partial charge is 0.346 e. The molecule has 0 spiro atoms. The molecular weight excluding hydrogens is 164 g/mol.